The van der Waals surface area contributed by atoms with E-state index in [1.165, 1.54) is 13.0 Å². The number of nitriles is 1. The molecule has 0 bridgehead atoms. The highest BCUT2D eigenvalue weighted by Crippen LogP contribution is 2.57. The molecular weight excluding hydrogens is 458 g/mol. The fraction of sp³-hybridized carbons (Fsp3) is 0.250. The van der Waals surface area contributed by atoms with Gasteiger partial charge in [-0.1, -0.05) is 15.9 Å². The van der Waals surface area contributed by atoms with Gasteiger partial charge in [0.2, 0.25) is 11.8 Å². The molecule has 0 spiro atoms. The van der Waals surface area contributed by atoms with E-state index >= 15 is 0 Å². The van der Waals surface area contributed by atoms with Crippen LogP contribution in [0.1, 0.15) is 22.4 Å². The lowest BCUT2D eigenvalue weighted by Crippen LogP contribution is -2.48. The first-order valence-corrected chi connectivity index (χ1v) is 8.22. The Morgan fingerprint density at radius 3 is 2.39 bits per heavy atom. The Labute approximate surface area is 161 Å². The van der Waals surface area contributed by atoms with Crippen molar-refractivity contribution in [2.75, 3.05) is 0 Å². The maximum atomic E-state index is 14.6. The van der Waals surface area contributed by atoms with Crippen LogP contribution in [0.5, 0.6) is 5.88 Å². The Hall–Kier alpha value is -2.68. The van der Waals surface area contributed by atoms with Crippen molar-refractivity contribution in [2.24, 2.45) is 5.73 Å². The molecule has 0 fully saturated rings. The number of alkyl halides is 6. The highest BCUT2D eigenvalue weighted by molar-refractivity contribution is 9.10. The van der Waals surface area contributed by atoms with Gasteiger partial charge in [0.05, 0.1) is 11.1 Å². The van der Waals surface area contributed by atoms with Gasteiger partial charge < -0.3 is 10.5 Å². The number of allylic oxidation sites excluding steroid dienone is 1. The quantitative estimate of drug-likeness (QED) is 0.608. The normalized spacial score (nSPS) is 19.8. The van der Waals surface area contributed by atoms with Crippen LogP contribution in [0.2, 0.25) is 0 Å². The molecule has 28 heavy (non-hydrogen) atoms. The maximum Gasteiger partial charge on any atom is 0.416 e. The molecule has 1 atom stereocenters. The Morgan fingerprint density at radius 2 is 1.86 bits per heavy atom. The predicted molar refractivity (Wildman–Crippen MR) is 86.8 cm³/mol. The van der Waals surface area contributed by atoms with Crippen molar-refractivity contribution in [3.05, 3.63) is 56.5 Å². The summed E-state index contributed by atoms with van der Waals surface area (Å²) in [4.78, 5) is 0. The molecule has 0 radical (unpaired) electrons. The minimum atomic E-state index is -5.25. The number of H-pyrrole nitrogens is 1. The summed E-state index contributed by atoms with van der Waals surface area (Å²) in [7, 11) is 0. The number of nitrogens with one attached hydrogen (secondary N) is 1. The van der Waals surface area contributed by atoms with Crippen molar-refractivity contribution in [2.45, 2.75) is 24.7 Å². The molecule has 1 aromatic carbocycles. The van der Waals surface area contributed by atoms with Crippen LogP contribution >= 0.6 is 15.9 Å². The molecule has 0 amide bonds. The number of hydrogen-bond donors (Lipinski definition) is 2. The molecular formula is C16H9BrF6N4O. The Bertz CT molecular complexity index is 1030. The van der Waals surface area contributed by atoms with Crippen LogP contribution in [-0.4, -0.2) is 16.4 Å². The summed E-state index contributed by atoms with van der Waals surface area (Å²) in [5, 5.41) is 15.3. The van der Waals surface area contributed by atoms with E-state index in [-0.39, 0.29) is 10.2 Å². The first-order valence-electron chi connectivity index (χ1n) is 7.42. The number of aromatic nitrogens is 2. The van der Waals surface area contributed by atoms with Gasteiger partial charge >= 0.3 is 12.4 Å². The van der Waals surface area contributed by atoms with Crippen molar-refractivity contribution in [1.29, 1.82) is 5.26 Å². The lowest BCUT2D eigenvalue weighted by Gasteiger charge is -2.39. The fourth-order valence-electron chi connectivity index (χ4n) is 3.23. The number of hydrogen-bond acceptors (Lipinski definition) is 4. The zero-order chi connectivity index (χ0) is 21.1. The van der Waals surface area contributed by atoms with E-state index in [9.17, 15) is 31.6 Å². The number of nitrogens with zero attached hydrogens (tertiary/aromatic N) is 2. The maximum absolute atomic E-state index is 14.6. The number of nitrogens with two attached hydrogens (primary N) is 1. The Morgan fingerprint density at radius 1 is 1.21 bits per heavy atom. The summed E-state index contributed by atoms with van der Waals surface area (Å²) < 4.78 is 88.2. The largest absolute Gasteiger partial charge is 0.420 e. The molecule has 2 heterocycles. The van der Waals surface area contributed by atoms with E-state index in [4.69, 9.17) is 10.5 Å². The average molecular weight is 467 g/mol. The van der Waals surface area contributed by atoms with Gasteiger partial charge in [0.1, 0.15) is 11.6 Å². The van der Waals surface area contributed by atoms with Gasteiger partial charge in [-0.25, -0.2) is 0 Å². The second-order valence-electron chi connectivity index (χ2n) is 5.96. The van der Waals surface area contributed by atoms with E-state index in [1.807, 2.05) is 0 Å². The van der Waals surface area contributed by atoms with Crippen LogP contribution in [0.3, 0.4) is 0 Å². The van der Waals surface area contributed by atoms with Crippen LogP contribution in [0.15, 0.2) is 34.1 Å². The average Bonchev–Trinajstić information content (AvgIpc) is 2.91. The predicted octanol–water partition coefficient (Wildman–Crippen LogP) is 4.43. The second kappa shape index (κ2) is 6.16. The standard InChI is InChI=1S/C16H9BrF6N4O/c1-6-11-13(27-26-6)28-12(25)10(5-24)14(11,16(21,22)23)7-2-8(15(18,19)20)4-9(17)3-7/h2-4H,25H2,1H3,(H,26,27). The van der Waals surface area contributed by atoms with Gasteiger partial charge in [0.25, 0.3) is 0 Å². The second-order valence-corrected chi connectivity index (χ2v) is 6.87. The van der Waals surface area contributed by atoms with E-state index in [0.717, 1.165) is 6.07 Å². The van der Waals surface area contributed by atoms with Crippen molar-refractivity contribution >= 4 is 15.9 Å². The highest BCUT2D eigenvalue weighted by Gasteiger charge is 2.65. The van der Waals surface area contributed by atoms with Crippen molar-refractivity contribution < 1.29 is 31.1 Å². The monoisotopic (exact) mass is 466 g/mol. The number of ether oxygens (including phenoxy) is 1. The third kappa shape index (κ3) is 2.72. The molecule has 148 valence electrons. The van der Waals surface area contributed by atoms with E-state index in [0.29, 0.717) is 12.1 Å². The smallest absolute Gasteiger partial charge is 0.416 e. The van der Waals surface area contributed by atoms with Gasteiger partial charge in [-0.15, -0.1) is 5.10 Å². The molecule has 0 aliphatic carbocycles. The minimum absolute atomic E-state index is 0.138. The van der Waals surface area contributed by atoms with Gasteiger partial charge in [0.15, 0.2) is 5.41 Å². The molecule has 1 aliphatic heterocycles. The van der Waals surface area contributed by atoms with Crippen LogP contribution in [0.25, 0.3) is 0 Å². The van der Waals surface area contributed by atoms with Crippen LogP contribution in [0.4, 0.5) is 26.3 Å². The Kier molecular flexibility index (Phi) is 4.42. The van der Waals surface area contributed by atoms with Gasteiger partial charge in [-0.05, 0) is 30.7 Å². The third-order valence-corrected chi connectivity index (χ3v) is 4.77. The van der Waals surface area contributed by atoms with E-state index in [2.05, 4.69) is 26.1 Å². The summed E-state index contributed by atoms with van der Waals surface area (Å²) in [6.45, 7) is 1.23. The number of aryl methyl sites for hydroxylation is 1. The number of fused-ring (bicyclic) bond motifs is 1. The number of benzene rings is 1. The third-order valence-electron chi connectivity index (χ3n) is 4.31. The molecule has 2 aromatic rings. The number of aromatic amines is 1. The van der Waals surface area contributed by atoms with Crippen LogP contribution in [-0.2, 0) is 11.6 Å². The first kappa shape index (κ1) is 20.1. The van der Waals surface area contributed by atoms with Crippen molar-refractivity contribution in [3.63, 3.8) is 0 Å². The lowest BCUT2D eigenvalue weighted by atomic mass is 9.67. The molecule has 1 aromatic heterocycles. The molecule has 12 heteroatoms. The fourth-order valence-corrected chi connectivity index (χ4v) is 3.73. The van der Waals surface area contributed by atoms with E-state index < -0.39 is 51.8 Å². The molecule has 3 N–H and O–H groups in total. The highest BCUT2D eigenvalue weighted by atomic mass is 79.9. The summed E-state index contributed by atoms with van der Waals surface area (Å²) >= 11 is 2.82. The molecule has 0 saturated heterocycles. The summed E-state index contributed by atoms with van der Waals surface area (Å²) in [5.74, 6) is -1.47. The van der Waals surface area contributed by atoms with Crippen molar-refractivity contribution in [1.82, 2.24) is 10.2 Å². The topological polar surface area (TPSA) is 87.7 Å². The van der Waals surface area contributed by atoms with Crippen molar-refractivity contribution in [3.8, 4) is 11.9 Å². The first-order chi connectivity index (χ1) is 12.8. The summed E-state index contributed by atoms with van der Waals surface area (Å²) in [6.07, 6.45) is -10.2. The molecule has 0 saturated carbocycles. The summed E-state index contributed by atoms with van der Waals surface area (Å²) in [5.41, 5.74) is -1.80. The van der Waals surface area contributed by atoms with Gasteiger partial charge in [-0.2, -0.15) is 31.6 Å². The summed E-state index contributed by atoms with van der Waals surface area (Å²) in [6, 6.07) is 3.18. The molecule has 5 nitrogen and oxygen atoms in total. The molecule has 1 unspecified atom stereocenters. The Balaban J connectivity index is 2.53. The lowest BCUT2D eigenvalue weighted by molar-refractivity contribution is -0.169. The van der Waals surface area contributed by atoms with E-state index in [1.54, 1.807) is 0 Å². The number of rotatable bonds is 1. The van der Waals surface area contributed by atoms with Gasteiger partial charge in [0, 0.05) is 10.2 Å². The van der Waals surface area contributed by atoms with Crippen LogP contribution < -0.4 is 10.5 Å². The SMILES string of the molecule is Cc1[nH]nc2c1C(c1cc(Br)cc(C(F)(F)F)c1)(C(F)(F)F)C(C#N)=C(N)O2. The zero-order valence-electron chi connectivity index (χ0n) is 13.8. The number of halogens is 7. The van der Waals surface area contributed by atoms with Gasteiger partial charge in [-0.3, -0.25) is 5.10 Å². The molecule has 3 rings (SSSR count). The molecule has 1 aliphatic rings. The van der Waals surface area contributed by atoms with Crippen LogP contribution in [0, 0.1) is 18.3 Å². The zero-order valence-corrected chi connectivity index (χ0v) is 15.3. The minimum Gasteiger partial charge on any atom is -0.420 e.